The van der Waals surface area contributed by atoms with Gasteiger partial charge in [-0.25, -0.2) is 8.42 Å². The smallest absolute Gasteiger partial charge is 0.252 e. The van der Waals surface area contributed by atoms with Gasteiger partial charge in [0, 0.05) is 24.5 Å². The van der Waals surface area contributed by atoms with Crippen molar-refractivity contribution < 1.29 is 22.7 Å². The fraction of sp³-hybridized carbons (Fsp3) is 0.500. The minimum Gasteiger partial charge on any atom is -0.486 e. The van der Waals surface area contributed by atoms with E-state index in [0.29, 0.717) is 37.1 Å². The topological polar surface area (TPSA) is 76.2 Å². The van der Waals surface area contributed by atoms with Crippen LogP contribution in [0.25, 0.3) is 0 Å². The van der Waals surface area contributed by atoms with Gasteiger partial charge in [-0.2, -0.15) is 4.31 Å². The highest BCUT2D eigenvalue weighted by Gasteiger charge is 2.32. The Hall–Kier alpha value is -2.10. The van der Waals surface area contributed by atoms with Gasteiger partial charge < -0.3 is 14.4 Å². The van der Waals surface area contributed by atoms with Crippen molar-refractivity contribution in [1.82, 2.24) is 9.21 Å². The third-order valence-corrected chi connectivity index (χ3v) is 9.60. The number of fused-ring (bicyclic) bond motifs is 1. The van der Waals surface area contributed by atoms with E-state index in [9.17, 15) is 13.2 Å². The van der Waals surface area contributed by atoms with E-state index < -0.39 is 10.0 Å². The van der Waals surface area contributed by atoms with Gasteiger partial charge in [0.2, 0.25) is 5.91 Å². The van der Waals surface area contributed by atoms with Crippen LogP contribution in [0.5, 0.6) is 11.5 Å². The van der Waals surface area contributed by atoms with Crippen molar-refractivity contribution in [2.24, 2.45) is 0 Å². The molecule has 1 aromatic heterocycles. The first kappa shape index (κ1) is 20.8. The molecule has 166 valence electrons. The summed E-state index contributed by atoms with van der Waals surface area (Å²) in [5.41, 5.74) is 1.05. The first-order valence-electron chi connectivity index (χ1n) is 10.8. The quantitative estimate of drug-likeness (QED) is 0.682. The second kappa shape index (κ2) is 8.44. The van der Waals surface area contributed by atoms with Crippen LogP contribution in [-0.4, -0.2) is 56.4 Å². The lowest BCUT2D eigenvalue weighted by atomic mass is 10.0. The van der Waals surface area contributed by atoms with Crippen LogP contribution >= 0.6 is 11.3 Å². The summed E-state index contributed by atoms with van der Waals surface area (Å²) in [4.78, 5) is 15.8. The standard InChI is InChI=1S/C22H26N2O5S2/c25-21(15-17-6-8-22(30-17)31(26,27)23-9-1-2-10-23)24-11-3-4-18(24)16-5-7-19-20(14-16)29-13-12-28-19/h5-8,14,18H,1-4,9-13,15H2. The van der Waals surface area contributed by atoms with Crippen molar-refractivity contribution >= 4 is 27.3 Å². The summed E-state index contributed by atoms with van der Waals surface area (Å²) in [6.07, 6.45) is 3.90. The molecule has 0 N–H and O–H groups in total. The first-order valence-corrected chi connectivity index (χ1v) is 13.1. The zero-order valence-electron chi connectivity index (χ0n) is 17.3. The van der Waals surface area contributed by atoms with E-state index in [4.69, 9.17) is 9.47 Å². The SMILES string of the molecule is O=C(Cc1ccc(S(=O)(=O)N2CCCC2)s1)N1CCCC1c1ccc2c(c1)OCCO2. The summed E-state index contributed by atoms with van der Waals surface area (Å²) < 4.78 is 38.7. The molecule has 1 amide bonds. The van der Waals surface area contributed by atoms with E-state index >= 15 is 0 Å². The molecule has 3 aliphatic heterocycles. The number of benzene rings is 1. The van der Waals surface area contributed by atoms with Crippen molar-refractivity contribution in [3.63, 3.8) is 0 Å². The fourth-order valence-electron chi connectivity index (χ4n) is 4.58. The Morgan fingerprint density at radius 2 is 1.77 bits per heavy atom. The maximum Gasteiger partial charge on any atom is 0.252 e. The molecule has 2 fully saturated rings. The van der Waals surface area contributed by atoms with Crippen LogP contribution < -0.4 is 9.47 Å². The predicted molar refractivity (Wildman–Crippen MR) is 117 cm³/mol. The zero-order chi connectivity index (χ0) is 21.4. The van der Waals surface area contributed by atoms with Crippen molar-refractivity contribution in [3.8, 4) is 11.5 Å². The summed E-state index contributed by atoms with van der Waals surface area (Å²) in [5, 5.41) is 0. The molecule has 5 rings (SSSR count). The van der Waals surface area contributed by atoms with Gasteiger partial charge in [-0.1, -0.05) is 6.07 Å². The van der Waals surface area contributed by atoms with Crippen LogP contribution in [-0.2, 0) is 21.2 Å². The summed E-state index contributed by atoms with van der Waals surface area (Å²) >= 11 is 1.22. The molecule has 31 heavy (non-hydrogen) atoms. The fourth-order valence-corrected chi connectivity index (χ4v) is 7.60. The van der Waals surface area contributed by atoms with E-state index in [2.05, 4.69) is 0 Å². The van der Waals surface area contributed by atoms with E-state index in [1.807, 2.05) is 23.1 Å². The monoisotopic (exact) mass is 462 g/mol. The minimum atomic E-state index is -3.43. The van der Waals surface area contributed by atoms with Crippen LogP contribution in [0.2, 0.25) is 0 Å². The Kier molecular flexibility index (Phi) is 5.66. The normalized spacial score (nSPS) is 21.5. The number of amides is 1. The molecule has 1 unspecified atom stereocenters. The van der Waals surface area contributed by atoms with E-state index in [1.54, 1.807) is 16.4 Å². The molecule has 2 saturated heterocycles. The van der Waals surface area contributed by atoms with Gasteiger partial charge in [0.25, 0.3) is 10.0 Å². The summed E-state index contributed by atoms with van der Waals surface area (Å²) in [6.45, 7) is 2.96. The molecule has 7 nitrogen and oxygen atoms in total. The van der Waals surface area contributed by atoms with Gasteiger partial charge in [-0.15, -0.1) is 11.3 Å². The number of hydrogen-bond donors (Lipinski definition) is 0. The van der Waals surface area contributed by atoms with E-state index in [-0.39, 0.29) is 18.4 Å². The van der Waals surface area contributed by atoms with Crippen LogP contribution in [0.4, 0.5) is 0 Å². The molecule has 4 heterocycles. The number of carbonyl (C=O) groups is 1. The summed E-state index contributed by atoms with van der Waals surface area (Å²) in [5.74, 6) is 1.51. The molecule has 0 saturated carbocycles. The first-order chi connectivity index (χ1) is 15.0. The second-order valence-corrected chi connectivity index (χ2v) is 11.5. The molecule has 1 aromatic carbocycles. The number of nitrogens with zero attached hydrogens (tertiary/aromatic N) is 2. The second-order valence-electron chi connectivity index (χ2n) is 8.16. The Morgan fingerprint density at radius 1 is 1.00 bits per heavy atom. The number of thiophene rings is 1. The van der Waals surface area contributed by atoms with Gasteiger partial charge in [-0.05, 0) is 55.5 Å². The Balaban J connectivity index is 1.30. The predicted octanol–water partition coefficient (Wildman–Crippen LogP) is 3.21. The number of sulfonamides is 1. The molecule has 0 spiro atoms. The van der Waals surface area contributed by atoms with Crippen molar-refractivity contribution in [2.45, 2.75) is 42.4 Å². The Morgan fingerprint density at radius 3 is 2.58 bits per heavy atom. The van der Waals surface area contributed by atoms with Crippen molar-refractivity contribution in [3.05, 3.63) is 40.8 Å². The van der Waals surface area contributed by atoms with Crippen LogP contribution in [0.1, 0.15) is 42.2 Å². The maximum absolute atomic E-state index is 13.1. The van der Waals surface area contributed by atoms with Gasteiger partial charge in [0.15, 0.2) is 11.5 Å². The highest BCUT2D eigenvalue weighted by Crippen LogP contribution is 2.38. The maximum atomic E-state index is 13.1. The molecule has 1 atom stereocenters. The molecule has 0 aliphatic carbocycles. The average Bonchev–Trinajstić information content (AvgIpc) is 3.55. The lowest BCUT2D eigenvalue weighted by molar-refractivity contribution is -0.131. The van der Waals surface area contributed by atoms with Crippen LogP contribution in [0, 0.1) is 0 Å². The highest BCUT2D eigenvalue weighted by atomic mass is 32.2. The van der Waals surface area contributed by atoms with Gasteiger partial charge in [0.1, 0.15) is 17.4 Å². The number of likely N-dealkylation sites (tertiary alicyclic amines) is 1. The third-order valence-electron chi connectivity index (χ3n) is 6.15. The molecule has 0 bridgehead atoms. The Bertz CT molecular complexity index is 1080. The number of rotatable bonds is 5. The largest absolute Gasteiger partial charge is 0.486 e. The van der Waals surface area contributed by atoms with Crippen LogP contribution in [0.15, 0.2) is 34.5 Å². The highest BCUT2D eigenvalue weighted by molar-refractivity contribution is 7.91. The van der Waals surface area contributed by atoms with Crippen LogP contribution in [0.3, 0.4) is 0 Å². The van der Waals surface area contributed by atoms with Gasteiger partial charge in [0.05, 0.1) is 12.5 Å². The summed E-state index contributed by atoms with van der Waals surface area (Å²) in [6, 6.07) is 9.34. The Labute approximate surface area is 186 Å². The molecule has 2 aromatic rings. The molecule has 9 heteroatoms. The van der Waals surface area contributed by atoms with E-state index in [1.165, 1.54) is 11.3 Å². The lowest BCUT2D eigenvalue weighted by Crippen LogP contribution is -2.31. The molecule has 3 aliphatic rings. The third kappa shape index (κ3) is 4.06. The number of carbonyl (C=O) groups excluding carboxylic acids is 1. The van der Waals surface area contributed by atoms with Gasteiger partial charge >= 0.3 is 0 Å². The van der Waals surface area contributed by atoms with Crippen molar-refractivity contribution in [1.29, 1.82) is 0 Å². The van der Waals surface area contributed by atoms with E-state index in [0.717, 1.165) is 47.6 Å². The number of ether oxygens (including phenoxy) is 2. The van der Waals surface area contributed by atoms with Gasteiger partial charge in [-0.3, -0.25) is 4.79 Å². The van der Waals surface area contributed by atoms with Crippen molar-refractivity contribution in [2.75, 3.05) is 32.8 Å². The summed E-state index contributed by atoms with van der Waals surface area (Å²) in [7, 11) is -3.43. The molecule has 0 radical (unpaired) electrons. The zero-order valence-corrected chi connectivity index (χ0v) is 18.9. The number of hydrogen-bond acceptors (Lipinski definition) is 6. The molecular weight excluding hydrogens is 436 g/mol. The molecular formula is C22H26N2O5S2. The average molecular weight is 463 g/mol. The minimum absolute atomic E-state index is 0.0103. The lowest BCUT2D eigenvalue weighted by Gasteiger charge is -2.26.